The summed E-state index contributed by atoms with van der Waals surface area (Å²) in [5, 5.41) is 4.78. The number of aryl methyl sites for hydroxylation is 1. The number of piperidine rings is 1. The summed E-state index contributed by atoms with van der Waals surface area (Å²) in [5.74, 6) is -0.0583. The van der Waals surface area contributed by atoms with E-state index in [1.165, 1.54) is 0 Å². The third-order valence-corrected chi connectivity index (χ3v) is 4.81. The molecule has 1 saturated heterocycles. The number of carbonyl (C=O) groups is 2. The lowest BCUT2D eigenvalue weighted by Crippen LogP contribution is -2.46. The molecule has 0 radical (unpaired) electrons. The minimum atomic E-state index is -0.287. The molecule has 1 aromatic heterocycles. The predicted octanol–water partition coefficient (Wildman–Crippen LogP) is 1.35. The molecule has 1 N–H and O–H groups in total. The van der Waals surface area contributed by atoms with Gasteiger partial charge in [-0.3, -0.25) is 9.59 Å². The summed E-state index contributed by atoms with van der Waals surface area (Å²) in [5.41, 5.74) is 0.885. The van der Waals surface area contributed by atoms with Crippen LogP contribution in [0, 0.1) is 6.92 Å². The van der Waals surface area contributed by atoms with Gasteiger partial charge in [-0.2, -0.15) is 0 Å². The van der Waals surface area contributed by atoms with E-state index in [-0.39, 0.29) is 29.3 Å². The molecule has 7 nitrogen and oxygen atoms in total. The van der Waals surface area contributed by atoms with Gasteiger partial charge >= 0.3 is 11.0 Å². The van der Waals surface area contributed by atoms with Crippen LogP contribution in [0.2, 0.25) is 0 Å². The summed E-state index contributed by atoms with van der Waals surface area (Å²) in [4.78, 5) is 36.9. The highest BCUT2D eigenvalue weighted by molar-refractivity contribution is 7.07. The van der Waals surface area contributed by atoms with Gasteiger partial charge in [-0.05, 0) is 26.7 Å². The number of nitrogens with zero attached hydrogens (tertiary/aromatic N) is 2. The molecule has 23 heavy (non-hydrogen) atoms. The van der Waals surface area contributed by atoms with Gasteiger partial charge in [-0.25, -0.2) is 4.79 Å². The second-order valence-electron chi connectivity index (χ2n) is 5.57. The molecule has 2 heterocycles. The van der Waals surface area contributed by atoms with E-state index in [1.54, 1.807) is 21.8 Å². The molecule has 0 aromatic carbocycles. The number of carbonyl (C=O) groups excluding carboxylic acids is 2. The summed E-state index contributed by atoms with van der Waals surface area (Å²) in [6, 6.07) is 0.0773. The van der Waals surface area contributed by atoms with Crippen LogP contribution >= 0.6 is 11.3 Å². The van der Waals surface area contributed by atoms with Gasteiger partial charge in [0.1, 0.15) is 0 Å². The van der Waals surface area contributed by atoms with Crippen molar-refractivity contribution in [3.8, 4) is 0 Å². The number of thiazole rings is 1. The Morgan fingerprint density at radius 2 is 2.09 bits per heavy atom. The lowest BCUT2D eigenvalue weighted by atomic mass is 10.1. The maximum absolute atomic E-state index is 12.0. The molecule has 0 spiro atoms. The third-order valence-electron chi connectivity index (χ3n) is 3.92. The van der Waals surface area contributed by atoms with E-state index < -0.39 is 0 Å². The number of hydrogen-bond donors (Lipinski definition) is 1. The van der Waals surface area contributed by atoms with Gasteiger partial charge in [0.05, 0.1) is 6.61 Å². The fourth-order valence-electron chi connectivity index (χ4n) is 2.61. The van der Waals surface area contributed by atoms with Crippen LogP contribution in [0.3, 0.4) is 0 Å². The van der Waals surface area contributed by atoms with Crippen molar-refractivity contribution in [1.82, 2.24) is 14.8 Å². The molecule has 1 aromatic rings. The molecule has 0 aliphatic carbocycles. The zero-order valence-corrected chi connectivity index (χ0v) is 14.4. The van der Waals surface area contributed by atoms with Crippen molar-refractivity contribution in [2.75, 3.05) is 19.7 Å². The van der Waals surface area contributed by atoms with Gasteiger partial charge in [0, 0.05) is 43.2 Å². The molecule has 2 amide bonds. The average Bonchev–Trinajstić information content (AvgIpc) is 2.85. The first kappa shape index (κ1) is 17.5. The highest BCUT2D eigenvalue weighted by Crippen LogP contribution is 2.12. The van der Waals surface area contributed by atoms with Gasteiger partial charge in [-0.15, -0.1) is 0 Å². The summed E-state index contributed by atoms with van der Waals surface area (Å²) < 4.78 is 6.59. The molecule has 0 saturated carbocycles. The molecule has 1 aliphatic heterocycles. The van der Waals surface area contributed by atoms with Crippen LogP contribution in [-0.4, -0.2) is 47.2 Å². The largest absolute Gasteiger partial charge is 0.450 e. The van der Waals surface area contributed by atoms with Gasteiger partial charge in [-0.1, -0.05) is 11.3 Å². The normalized spacial score (nSPS) is 15.5. The van der Waals surface area contributed by atoms with Crippen molar-refractivity contribution in [2.24, 2.45) is 0 Å². The molecule has 0 atom stereocenters. The Morgan fingerprint density at radius 1 is 1.39 bits per heavy atom. The number of aromatic nitrogens is 1. The van der Waals surface area contributed by atoms with E-state index in [9.17, 15) is 14.4 Å². The smallest absolute Gasteiger partial charge is 0.409 e. The van der Waals surface area contributed by atoms with E-state index in [4.69, 9.17) is 4.74 Å². The maximum Gasteiger partial charge on any atom is 0.409 e. The van der Waals surface area contributed by atoms with Crippen molar-refractivity contribution in [3.05, 3.63) is 20.7 Å². The number of nitrogens with one attached hydrogen (secondary N) is 1. The van der Waals surface area contributed by atoms with Gasteiger partial charge in [0.2, 0.25) is 5.91 Å². The van der Waals surface area contributed by atoms with Gasteiger partial charge < -0.3 is 19.5 Å². The first-order valence-corrected chi connectivity index (χ1v) is 8.75. The van der Waals surface area contributed by atoms with Crippen molar-refractivity contribution in [1.29, 1.82) is 0 Å². The molecule has 8 heteroatoms. The summed E-state index contributed by atoms with van der Waals surface area (Å²) in [6.07, 6.45) is 1.45. The molecular weight excluding hydrogens is 318 g/mol. The van der Waals surface area contributed by atoms with Crippen LogP contribution < -0.4 is 10.2 Å². The Labute approximate surface area is 139 Å². The van der Waals surface area contributed by atoms with Crippen LogP contribution in [0.4, 0.5) is 4.79 Å². The Hall–Kier alpha value is -1.83. The number of likely N-dealkylation sites (tertiary alicyclic amines) is 1. The molecule has 1 fully saturated rings. The number of hydrogen-bond acceptors (Lipinski definition) is 5. The molecule has 1 aliphatic rings. The summed E-state index contributed by atoms with van der Waals surface area (Å²) in [6.45, 7) is 5.60. The first-order chi connectivity index (χ1) is 11.0. The predicted molar refractivity (Wildman–Crippen MR) is 87.7 cm³/mol. The number of ether oxygens (including phenoxy) is 1. The second-order valence-corrected chi connectivity index (χ2v) is 6.39. The monoisotopic (exact) mass is 341 g/mol. The Morgan fingerprint density at radius 3 is 2.65 bits per heavy atom. The second kappa shape index (κ2) is 8.14. The van der Waals surface area contributed by atoms with E-state index in [2.05, 4.69) is 5.32 Å². The first-order valence-electron chi connectivity index (χ1n) is 7.87. The Bertz CT molecular complexity index is 602. The zero-order valence-electron chi connectivity index (χ0n) is 13.5. The number of rotatable bonds is 5. The zero-order chi connectivity index (χ0) is 16.8. The van der Waals surface area contributed by atoms with Crippen molar-refractivity contribution in [2.45, 2.75) is 45.7 Å². The molecule has 0 bridgehead atoms. The molecular formula is C15H23N3O4S. The van der Waals surface area contributed by atoms with Gasteiger partial charge in [0.15, 0.2) is 0 Å². The minimum absolute atomic E-state index is 0.0296. The quantitative estimate of drug-likeness (QED) is 0.876. The summed E-state index contributed by atoms with van der Waals surface area (Å²) in [7, 11) is 0. The van der Waals surface area contributed by atoms with Crippen molar-refractivity contribution >= 4 is 23.3 Å². The maximum atomic E-state index is 12.0. The molecule has 2 rings (SSSR count). The van der Waals surface area contributed by atoms with Crippen LogP contribution in [0.5, 0.6) is 0 Å². The van der Waals surface area contributed by atoms with Crippen molar-refractivity contribution in [3.63, 3.8) is 0 Å². The topological polar surface area (TPSA) is 80.6 Å². The van der Waals surface area contributed by atoms with Crippen LogP contribution in [0.15, 0.2) is 10.2 Å². The van der Waals surface area contributed by atoms with E-state index in [1.807, 2.05) is 6.92 Å². The Kier molecular flexibility index (Phi) is 6.20. The standard InChI is InChI=1S/C15H23N3O4S/c1-3-22-14(20)17-7-4-12(5-8-17)16-13(19)6-9-18-11(2)10-23-15(18)21/h10,12H,3-9H2,1-2H3,(H,16,19). The van der Waals surface area contributed by atoms with E-state index >= 15 is 0 Å². The molecule has 128 valence electrons. The Balaban J connectivity index is 1.73. The average molecular weight is 341 g/mol. The minimum Gasteiger partial charge on any atom is -0.450 e. The fraction of sp³-hybridized carbons (Fsp3) is 0.667. The summed E-state index contributed by atoms with van der Waals surface area (Å²) >= 11 is 1.15. The van der Waals surface area contributed by atoms with Crippen LogP contribution in [-0.2, 0) is 16.1 Å². The van der Waals surface area contributed by atoms with E-state index in [0.717, 1.165) is 29.9 Å². The van der Waals surface area contributed by atoms with Crippen LogP contribution in [0.1, 0.15) is 31.9 Å². The fourth-order valence-corrected chi connectivity index (χ4v) is 3.37. The van der Waals surface area contributed by atoms with Gasteiger partial charge in [0.25, 0.3) is 0 Å². The lowest BCUT2D eigenvalue weighted by Gasteiger charge is -2.31. The SMILES string of the molecule is CCOC(=O)N1CCC(NC(=O)CCn2c(C)csc2=O)CC1. The highest BCUT2D eigenvalue weighted by atomic mass is 32.1. The lowest BCUT2D eigenvalue weighted by molar-refractivity contribution is -0.122. The van der Waals surface area contributed by atoms with Crippen molar-refractivity contribution < 1.29 is 14.3 Å². The highest BCUT2D eigenvalue weighted by Gasteiger charge is 2.24. The molecule has 0 unspecified atom stereocenters. The van der Waals surface area contributed by atoms with Crippen LogP contribution in [0.25, 0.3) is 0 Å². The number of amides is 2. The van der Waals surface area contributed by atoms with E-state index in [0.29, 0.717) is 26.2 Å². The third kappa shape index (κ3) is 4.82.